The number of benzene rings is 1. The molecule has 1 unspecified atom stereocenters. The van der Waals surface area contributed by atoms with E-state index in [9.17, 15) is 5.11 Å². The van der Waals surface area contributed by atoms with E-state index in [1.54, 1.807) is 0 Å². The Morgan fingerprint density at radius 2 is 1.94 bits per heavy atom. The van der Waals surface area contributed by atoms with Gasteiger partial charge in [-0.15, -0.1) is 0 Å². The third-order valence-corrected chi connectivity index (χ3v) is 3.85. The molecule has 1 aliphatic heterocycles. The fraction of sp³-hybridized carbons (Fsp3) is 0.533. The Hall–Kier alpha value is -1.37. The number of β-amino-alcohol motifs (C(OH)–C–C–N with tert-alkyl or cyclic N) is 1. The van der Waals surface area contributed by atoms with Crippen LogP contribution in [0.4, 0.5) is 0 Å². The maximum Gasteiger partial charge on any atom is 0.0916 e. The van der Waals surface area contributed by atoms with Crippen LogP contribution in [0.1, 0.15) is 31.4 Å². The molecule has 0 spiro atoms. The van der Waals surface area contributed by atoms with Gasteiger partial charge in [0.05, 0.1) is 17.6 Å². The maximum absolute atomic E-state index is 10.2. The SMILES string of the molecule is CC1(C#N)CCN(CC(O)c2ccccc2)CC1. The summed E-state index contributed by atoms with van der Waals surface area (Å²) in [5, 5.41) is 19.2. The lowest BCUT2D eigenvalue weighted by atomic mass is 9.82. The summed E-state index contributed by atoms with van der Waals surface area (Å²) >= 11 is 0. The molecular formula is C15H20N2O. The summed E-state index contributed by atoms with van der Waals surface area (Å²) in [7, 11) is 0. The van der Waals surface area contributed by atoms with E-state index in [0.717, 1.165) is 31.5 Å². The first-order valence-corrected chi connectivity index (χ1v) is 6.50. The molecule has 3 heteroatoms. The minimum absolute atomic E-state index is 0.172. The van der Waals surface area contributed by atoms with Gasteiger partial charge in [-0.05, 0) is 38.4 Å². The van der Waals surface area contributed by atoms with Crippen molar-refractivity contribution >= 4 is 0 Å². The molecule has 1 saturated heterocycles. The standard InChI is InChI=1S/C15H20N2O/c1-15(12-16)7-9-17(10-8-15)11-14(18)13-5-3-2-4-6-13/h2-6,14,18H,7-11H2,1H3. The van der Waals surface area contributed by atoms with Gasteiger partial charge in [-0.1, -0.05) is 30.3 Å². The quantitative estimate of drug-likeness (QED) is 0.887. The van der Waals surface area contributed by atoms with Crippen molar-refractivity contribution in [2.75, 3.05) is 19.6 Å². The van der Waals surface area contributed by atoms with Gasteiger partial charge in [0.15, 0.2) is 0 Å². The molecule has 2 rings (SSSR count). The first-order chi connectivity index (χ1) is 8.63. The van der Waals surface area contributed by atoms with Crippen LogP contribution in [0, 0.1) is 16.7 Å². The van der Waals surface area contributed by atoms with Gasteiger partial charge in [0.2, 0.25) is 0 Å². The minimum atomic E-state index is -0.433. The van der Waals surface area contributed by atoms with Crippen molar-refractivity contribution in [3.05, 3.63) is 35.9 Å². The number of hydrogen-bond acceptors (Lipinski definition) is 3. The number of rotatable bonds is 3. The molecule has 1 fully saturated rings. The summed E-state index contributed by atoms with van der Waals surface area (Å²) in [5.41, 5.74) is 0.792. The molecule has 1 heterocycles. The Labute approximate surface area is 109 Å². The van der Waals surface area contributed by atoms with E-state index in [0.29, 0.717) is 6.54 Å². The van der Waals surface area contributed by atoms with Crippen molar-refractivity contribution in [3.63, 3.8) is 0 Å². The van der Waals surface area contributed by atoms with E-state index < -0.39 is 6.10 Å². The normalized spacial score (nSPS) is 21.2. The lowest BCUT2D eigenvalue weighted by Gasteiger charge is -2.35. The molecule has 18 heavy (non-hydrogen) atoms. The van der Waals surface area contributed by atoms with Crippen LogP contribution in [-0.4, -0.2) is 29.6 Å². The van der Waals surface area contributed by atoms with Crippen molar-refractivity contribution < 1.29 is 5.11 Å². The number of hydrogen-bond donors (Lipinski definition) is 1. The zero-order valence-electron chi connectivity index (χ0n) is 10.8. The molecule has 0 saturated carbocycles. The second-order valence-corrected chi connectivity index (χ2v) is 5.40. The van der Waals surface area contributed by atoms with Gasteiger partial charge >= 0.3 is 0 Å². The zero-order chi connectivity index (χ0) is 13.0. The van der Waals surface area contributed by atoms with Gasteiger partial charge in [-0.3, -0.25) is 0 Å². The first-order valence-electron chi connectivity index (χ1n) is 6.50. The smallest absolute Gasteiger partial charge is 0.0916 e. The Kier molecular flexibility index (Phi) is 4.00. The molecular weight excluding hydrogens is 224 g/mol. The van der Waals surface area contributed by atoms with Crippen LogP contribution in [-0.2, 0) is 0 Å². The van der Waals surface area contributed by atoms with Gasteiger partial charge in [0.1, 0.15) is 0 Å². The maximum atomic E-state index is 10.2. The van der Waals surface area contributed by atoms with Crippen molar-refractivity contribution in [2.24, 2.45) is 5.41 Å². The lowest BCUT2D eigenvalue weighted by Crippen LogP contribution is -2.40. The van der Waals surface area contributed by atoms with Gasteiger partial charge in [-0.25, -0.2) is 0 Å². The number of likely N-dealkylation sites (tertiary alicyclic amines) is 1. The number of nitriles is 1. The van der Waals surface area contributed by atoms with Gasteiger partial charge in [-0.2, -0.15) is 5.26 Å². The van der Waals surface area contributed by atoms with Gasteiger partial charge in [0.25, 0.3) is 0 Å². The first kappa shape index (κ1) is 13.1. The van der Waals surface area contributed by atoms with Crippen LogP contribution < -0.4 is 0 Å². The van der Waals surface area contributed by atoms with E-state index in [2.05, 4.69) is 11.0 Å². The lowest BCUT2D eigenvalue weighted by molar-refractivity contribution is 0.0798. The fourth-order valence-electron chi connectivity index (χ4n) is 2.37. The third kappa shape index (κ3) is 3.10. The molecule has 0 amide bonds. The van der Waals surface area contributed by atoms with Gasteiger partial charge < -0.3 is 10.0 Å². The number of piperidine rings is 1. The number of aliphatic hydroxyl groups is 1. The molecule has 1 aromatic carbocycles. The molecule has 0 bridgehead atoms. The molecule has 1 N–H and O–H groups in total. The Bertz CT molecular complexity index is 416. The minimum Gasteiger partial charge on any atom is -0.387 e. The zero-order valence-corrected chi connectivity index (χ0v) is 10.8. The predicted octanol–water partition coefficient (Wildman–Crippen LogP) is 2.35. The summed E-state index contributed by atoms with van der Waals surface area (Å²) in [6.45, 7) is 4.48. The Morgan fingerprint density at radius 1 is 1.33 bits per heavy atom. The van der Waals surface area contributed by atoms with Crippen molar-refractivity contribution in [3.8, 4) is 6.07 Å². The van der Waals surface area contributed by atoms with Crippen LogP contribution in [0.2, 0.25) is 0 Å². The molecule has 1 aromatic rings. The summed E-state index contributed by atoms with van der Waals surface area (Å²) < 4.78 is 0. The van der Waals surface area contributed by atoms with E-state index in [1.807, 2.05) is 37.3 Å². The van der Waals surface area contributed by atoms with Crippen LogP contribution in [0.15, 0.2) is 30.3 Å². The number of nitrogens with zero attached hydrogens (tertiary/aromatic N) is 2. The van der Waals surface area contributed by atoms with Crippen LogP contribution in [0.5, 0.6) is 0 Å². The highest BCUT2D eigenvalue weighted by Crippen LogP contribution is 2.30. The van der Waals surface area contributed by atoms with Gasteiger partial charge in [0, 0.05) is 6.54 Å². The summed E-state index contributed by atoms with van der Waals surface area (Å²) in [4.78, 5) is 2.25. The Morgan fingerprint density at radius 3 is 2.50 bits per heavy atom. The van der Waals surface area contributed by atoms with Crippen LogP contribution >= 0.6 is 0 Å². The molecule has 1 aliphatic rings. The Balaban J connectivity index is 1.87. The van der Waals surface area contributed by atoms with E-state index in [1.165, 1.54) is 0 Å². The average Bonchev–Trinajstić information content (AvgIpc) is 2.42. The van der Waals surface area contributed by atoms with Crippen LogP contribution in [0.25, 0.3) is 0 Å². The summed E-state index contributed by atoms with van der Waals surface area (Å²) in [6, 6.07) is 12.1. The molecule has 1 atom stereocenters. The van der Waals surface area contributed by atoms with E-state index in [-0.39, 0.29) is 5.41 Å². The molecule has 3 nitrogen and oxygen atoms in total. The van der Waals surface area contributed by atoms with Crippen LogP contribution in [0.3, 0.4) is 0 Å². The van der Waals surface area contributed by atoms with E-state index >= 15 is 0 Å². The largest absolute Gasteiger partial charge is 0.387 e. The molecule has 0 radical (unpaired) electrons. The average molecular weight is 244 g/mol. The topological polar surface area (TPSA) is 47.3 Å². The van der Waals surface area contributed by atoms with Crippen molar-refractivity contribution in [1.29, 1.82) is 5.26 Å². The summed E-state index contributed by atoms with van der Waals surface area (Å²) in [6.07, 6.45) is 1.35. The highest BCUT2D eigenvalue weighted by atomic mass is 16.3. The second kappa shape index (κ2) is 5.51. The highest BCUT2D eigenvalue weighted by Gasteiger charge is 2.30. The molecule has 0 aromatic heterocycles. The second-order valence-electron chi connectivity index (χ2n) is 5.40. The molecule has 96 valence electrons. The monoisotopic (exact) mass is 244 g/mol. The van der Waals surface area contributed by atoms with Crippen molar-refractivity contribution in [1.82, 2.24) is 4.90 Å². The molecule has 0 aliphatic carbocycles. The van der Waals surface area contributed by atoms with E-state index in [4.69, 9.17) is 5.26 Å². The van der Waals surface area contributed by atoms with Crippen molar-refractivity contribution in [2.45, 2.75) is 25.9 Å². The third-order valence-electron chi connectivity index (χ3n) is 3.85. The highest BCUT2D eigenvalue weighted by molar-refractivity contribution is 5.17. The predicted molar refractivity (Wildman–Crippen MR) is 70.8 cm³/mol. The summed E-state index contributed by atoms with van der Waals surface area (Å²) in [5.74, 6) is 0. The number of aliphatic hydroxyl groups excluding tert-OH is 1. The fourth-order valence-corrected chi connectivity index (χ4v) is 2.37.